The highest BCUT2D eigenvalue weighted by Crippen LogP contribution is 2.36. The SMILES string of the molecule is CN1C(=O)CN=C(c2ccccc2C(F)(F)F)c2ccsc21. The van der Waals surface area contributed by atoms with Crippen molar-refractivity contribution in [3.8, 4) is 0 Å². The number of alkyl halides is 3. The molecular formula is C15H11F3N2OS. The molecule has 1 amide bonds. The number of hydrogen-bond acceptors (Lipinski definition) is 3. The lowest BCUT2D eigenvalue weighted by atomic mass is 9.98. The molecule has 2 heterocycles. The first-order valence-corrected chi connectivity index (χ1v) is 7.33. The summed E-state index contributed by atoms with van der Waals surface area (Å²) < 4.78 is 39.7. The molecule has 0 N–H and O–H groups in total. The number of carbonyl (C=O) groups excluding carboxylic acids is 1. The van der Waals surface area contributed by atoms with Crippen molar-refractivity contribution >= 4 is 28.0 Å². The van der Waals surface area contributed by atoms with Crippen LogP contribution >= 0.6 is 11.3 Å². The third-order valence-corrected chi connectivity index (χ3v) is 4.43. The summed E-state index contributed by atoms with van der Waals surface area (Å²) in [7, 11) is 1.60. The normalized spacial score (nSPS) is 15.4. The Morgan fingerprint density at radius 1 is 1.18 bits per heavy atom. The van der Waals surface area contributed by atoms with E-state index in [4.69, 9.17) is 0 Å². The summed E-state index contributed by atoms with van der Waals surface area (Å²) in [5, 5.41) is 2.35. The smallest absolute Gasteiger partial charge is 0.305 e. The number of likely N-dealkylation sites (N-methyl/N-ethyl adjacent to an activating group) is 1. The number of benzene rings is 1. The second-order valence-corrected chi connectivity index (χ2v) is 5.69. The van der Waals surface area contributed by atoms with Crippen molar-refractivity contribution in [1.82, 2.24) is 0 Å². The summed E-state index contributed by atoms with van der Waals surface area (Å²) in [5.74, 6) is -0.247. The minimum Gasteiger partial charge on any atom is -0.305 e. The average Bonchev–Trinajstić information content (AvgIpc) is 2.91. The van der Waals surface area contributed by atoms with E-state index >= 15 is 0 Å². The van der Waals surface area contributed by atoms with Crippen LogP contribution in [0.1, 0.15) is 16.7 Å². The van der Waals surface area contributed by atoms with Gasteiger partial charge in [0.05, 0.1) is 11.3 Å². The largest absolute Gasteiger partial charge is 0.417 e. The maximum absolute atomic E-state index is 13.2. The first-order valence-electron chi connectivity index (χ1n) is 6.45. The lowest BCUT2D eigenvalue weighted by molar-refractivity contribution is -0.137. The molecule has 22 heavy (non-hydrogen) atoms. The number of rotatable bonds is 1. The summed E-state index contributed by atoms with van der Waals surface area (Å²) in [6.07, 6.45) is -4.47. The Balaban J connectivity index is 2.22. The number of carbonyl (C=O) groups is 1. The number of aliphatic imine (C=N–C) groups is 1. The summed E-state index contributed by atoms with van der Waals surface area (Å²) in [6, 6.07) is 6.99. The molecule has 0 bridgehead atoms. The molecule has 7 heteroatoms. The van der Waals surface area contributed by atoms with Crippen molar-refractivity contribution in [2.24, 2.45) is 4.99 Å². The van der Waals surface area contributed by atoms with E-state index < -0.39 is 11.7 Å². The van der Waals surface area contributed by atoms with E-state index in [1.165, 1.54) is 34.4 Å². The fourth-order valence-electron chi connectivity index (χ4n) is 2.36. The molecule has 0 unspecified atom stereocenters. The van der Waals surface area contributed by atoms with E-state index in [0.717, 1.165) is 6.07 Å². The van der Waals surface area contributed by atoms with Crippen LogP contribution in [-0.2, 0) is 11.0 Å². The fourth-order valence-corrected chi connectivity index (χ4v) is 3.24. The number of thiophene rings is 1. The quantitative estimate of drug-likeness (QED) is 0.789. The first-order chi connectivity index (χ1) is 10.4. The molecule has 0 radical (unpaired) electrons. The van der Waals surface area contributed by atoms with Crippen LogP contribution in [0.2, 0.25) is 0 Å². The Bertz CT molecular complexity index is 764. The maximum Gasteiger partial charge on any atom is 0.417 e. The molecule has 0 fully saturated rings. The van der Waals surface area contributed by atoms with Gasteiger partial charge in [0, 0.05) is 18.2 Å². The number of halogens is 3. The lowest BCUT2D eigenvalue weighted by Crippen LogP contribution is -2.26. The Morgan fingerprint density at radius 3 is 2.64 bits per heavy atom. The molecule has 1 aliphatic rings. The maximum atomic E-state index is 13.2. The van der Waals surface area contributed by atoms with Crippen molar-refractivity contribution in [1.29, 1.82) is 0 Å². The number of hydrogen-bond donors (Lipinski definition) is 0. The zero-order valence-electron chi connectivity index (χ0n) is 11.5. The number of amides is 1. The van der Waals surface area contributed by atoms with Gasteiger partial charge in [-0.05, 0) is 17.5 Å². The Hall–Kier alpha value is -2.15. The van der Waals surface area contributed by atoms with Crippen LogP contribution in [0, 0.1) is 0 Å². The van der Waals surface area contributed by atoms with Gasteiger partial charge in [0.25, 0.3) is 0 Å². The van der Waals surface area contributed by atoms with Crippen molar-refractivity contribution in [3.05, 3.63) is 52.4 Å². The second kappa shape index (κ2) is 5.24. The van der Waals surface area contributed by atoms with Gasteiger partial charge in [0.15, 0.2) is 0 Å². The number of anilines is 1. The van der Waals surface area contributed by atoms with Crippen molar-refractivity contribution < 1.29 is 18.0 Å². The molecule has 0 atom stereocenters. The molecule has 1 aliphatic heterocycles. The standard InChI is InChI=1S/C15H11F3N2OS/c1-20-12(21)8-19-13(10-6-7-22-14(10)20)9-4-2-3-5-11(9)15(16,17)18/h2-7H,8H2,1H3. The molecule has 3 rings (SSSR count). The van der Waals surface area contributed by atoms with Gasteiger partial charge in [-0.3, -0.25) is 9.79 Å². The van der Waals surface area contributed by atoms with Crippen molar-refractivity contribution in [2.45, 2.75) is 6.18 Å². The summed E-state index contributed by atoms with van der Waals surface area (Å²) >= 11 is 1.31. The van der Waals surface area contributed by atoms with Crippen molar-refractivity contribution in [2.75, 3.05) is 18.5 Å². The molecule has 114 valence electrons. The van der Waals surface area contributed by atoms with Gasteiger partial charge in [-0.2, -0.15) is 13.2 Å². The summed E-state index contributed by atoms with van der Waals surface area (Å²) in [6.45, 7) is -0.167. The zero-order valence-corrected chi connectivity index (χ0v) is 12.3. The van der Waals surface area contributed by atoms with E-state index in [0.29, 0.717) is 10.6 Å². The minimum atomic E-state index is -4.47. The van der Waals surface area contributed by atoms with Crippen LogP contribution < -0.4 is 4.90 Å². The zero-order chi connectivity index (χ0) is 15.9. The molecule has 0 saturated heterocycles. The van der Waals surface area contributed by atoms with Gasteiger partial charge in [-0.1, -0.05) is 18.2 Å². The van der Waals surface area contributed by atoms with E-state index in [2.05, 4.69) is 4.99 Å². The highest BCUT2D eigenvalue weighted by Gasteiger charge is 2.35. The van der Waals surface area contributed by atoms with Crippen LogP contribution in [-0.4, -0.2) is 25.2 Å². The van der Waals surface area contributed by atoms with Crippen LogP contribution in [0.4, 0.5) is 18.2 Å². The fraction of sp³-hybridized carbons (Fsp3) is 0.200. The first kappa shape index (κ1) is 14.8. The van der Waals surface area contributed by atoms with Gasteiger partial charge in [-0.25, -0.2) is 0 Å². The molecule has 1 aromatic heterocycles. The minimum absolute atomic E-state index is 0.00208. The molecular weight excluding hydrogens is 313 g/mol. The molecule has 3 nitrogen and oxygen atoms in total. The third kappa shape index (κ3) is 2.41. The molecule has 2 aromatic rings. The Labute approximate surface area is 128 Å². The van der Waals surface area contributed by atoms with E-state index in [-0.39, 0.29) is 23.7 Å². The van der Waals surface area contributed by atoms with E-state index in [1.54, 1.807) is 18.5 Å². The van der Waals surface area contributed by atoms with Gasteiger partial charge >= 0.3 is 6.18 Å². The molecule has 0 aliphatic carbocycles. The number of fused-ring (bicyclic) bond motifs is 1. The van der Waals surface area contributed by atoms with Crippen LogP contribution in [0.3, 0.4) is 0 Å². The van der Waals surface area contributed by atoms with Crippen molar-refractivity contribution in [3.63, 3.8) is 0 Å². The van der Waals surface area contributed by atoms with Gasteiger partial charge in [-0.15, -0.1) is 11.3 Å². The predicted molar refractivity (Wildman–Crippen MR) is 79.7 cm³/mol. The van der Waals surface area contributed by atoms with E-state index in [9.17, 15) is 18.0 Å². The highest BCUT2D eigenvalue weighted by atomic mass is 32.1. The predicted octanol–water partition coefficient (Wildman–Crippen LogP) is 3.58. The van der Waals surface area contributed by atoms with Crippen LogP contribution in [0.5, 0.6) is 0 Å². The van der Waals surface area contributed by atoms with Gasteiger partial charge < -0.3 is 4.90 Å². The van der Waals surface area contributed by atoms with Crippen LogP contribution in [0.25, 0.3) is 0 Å². The molecule has 1 aromatic carbocycles. The summed E-state index contributed by atoms with van der Waals surface area (Å²) in [5.41, 5.74) is 0.0116. The third-order valence-electron chi connectivity index (χ3n) is 3.44. The summed E-state index contributed by atoms with van der Waals surface area (Å²) in [4.78, 5) is 17.5. The monoisotopic (exact) mass is 324 g/mol. The highest BCUT2D eigenvalue weighted by molar-refractivity contribution is 7.14. The Morgan fingerprint density at radius 2 is 1.91 bits per heavy atom. The molecule has 0 saturated carbocycles. The lowest BCUT2D eigenvalue weighted by Gasteiger charge is -2.15. The second-order valence-electron chi connectivity index (χ2n) is 4.80. The average molecular weight is 324 g/mol. The topological polar surface area (TPSA) is 32.7 Å². The van der Waals surface area contributed by atoms with Gasteiger partial charge in [0.2, 0.25) is 5.91 Å². The number of nitrogens with zero attached hydrogens (tertiary/aromatic N) is 2. The van der Waals surface area contributed by atoms with Crippen LogP contribution in [0.15, 0.2) is 40.7 Å². The molecule has 0 spiro atoms. The van der Waals surface area contributed by atoms with E-state index in [1.807, 2.05) is 0 Å². The Kier molecular flexibility index (Phi) is 3.52. The van der Waals surface area contributed by atoms with Gasteiger partial charge in [0.1, 0.15) is 11.5 Å².